The van der Waals surface area contributed by atoms with Crippen molar-refractivity contribution in [2.75, 3.05) is 13.2 Å². The van der Waals surface area contributed by atoms with E-state index in [0.717, 1.165) is 18.5 Å². The third-order valence-electron chi connectivity index (χ3n) is 4.23. The average molecular weight is 271 g/mol. The molecule has 0 aromatic carbocycles. The molecule has 0 radical (unpaired) electrons. The van der Waals surface area contributed by atoms with Gasteiger partial charge in [-0.15, -0.1) is 11.8 Å². The summed E-state index contributed by atoms with van der Waals surface area (Å²) in [6.45, 7) is 1.90. The predicted molar refractivity (Wildman–Crippen MR) is 80.1 cm³/mol. The van der Waals surface area contributed by atoms with Crippen molar-refractivity contribution in [2.24, 2.45) is 5.73 Å². The van der Waals surface area contributed by atoms with Gasteiger partial charge >= 0.3 is 0 Å². The van der Waals surface area contributed by atoms with Crippen molar-refractivity contribution in [3.8, 4) is 0 Å². The average Bonchev–Trinajstić information content (AvgIpc) is 2.30. The van der Waals surface area contributed by atoms with Gasteiger partial charge in [-0.1, -0.05) is 51.4 Å². The van der Waals surface area contributed by atoms with Crippen LogP contribution in [0, 0.1) is 0 Å². The zero-order valence-corrected chi connectivity index (χ0v) is 12.4. The maximum atomic E-state index is 6.42. The molecule has 1 aliphatic carbocycles. The Kier molecular flexibility index (Phi) is 6.88. The summed E-state index contributed by atoms with van der Waals surface area (Å²) in [6.07, 6.45) is 13.8. The minimum absolute atomic E-state index is 0.412. The number of thioether (sulfide) groups is 1. The van der Waals surface area contributed by atoms with E-state index in [4.69, 9.17) is 10.5 Å². The third-order valence-corrected chi connectivity index (χ3v) is 5.82. The molecule has 0 aromatic heterocycles. The molecular formula is C15H29NOS. The highest BCUT2D eigenvalue weighted by Crippen LogP contribution is 2.31. The molecule has 2 fully saturated rings. The van der Waals surface area contributed by atoms with E-state index in [0.29, 0.717) is 11.3 Å². The highest BCUT2D eigenvalue weighted by molar-refractivity contribution is 8.00. The van der Waals surface area contributed by atoms with Crippen LogP contribution in [0.25, 0.3) is 0 Å². The zero-order valence-electron chi connectivity index (χ0n) is 11.6. The van der Waals surface area contributed by atoms with Crippen LogP contribution in [-0.2, 0) is 4.74 Å². The summed E-state index contributed by atoms with van der Waals surface area (Å²) in [4.78, 5) is 0. The summed E-state index contributed by atoms with van der Waals surface area (Å²) in [7, 11) is 0. The van der Waals surface area contributed by atoms with Gasteiger partial charge in [-0.2, -0.15) is 0 Å². The summed E-state index contributed by atoms with van der Waals surface area (Å²) < 4.78 is 5.29. The minimum Gasteiger partial charge on any atom is -0.379 e. The number of rotatable bonds is 2. The highest BCUT2D eigenvalue weighted by atomic mass is 32.2. The molecule has 1 aliphatic heterocycles. The van der Waals surface area contributed by atoms with Crippen LogP contribution >= 0.6 is 11.8 Å². The smallest absolute Gasteiger partial charge is 0.0608 e. The fraction of sp³-hybridized carbons (Fsp3) is 1.00. The fourth-order valence-electron chi connectivity index (χ4n) is 2.89. The molecule has 1 heterocycles. The Bertz CT molecular complexity index is 221. The lowest BCUT2D eigenvalue weighted by Crippen LogP contribution is -2.39. The van der Waals surface area contributed by atoms with Gasteiger partial charge in [-0.25, -0.2) is 0 Å². The van der Waals surface area contributed by atoms with Crippen molar-refractivity contribution in [3.63, 3.8) is 0 Å². The van der Waals surface area contributed by atoms with E-state index < -0.39 is 0 Å². The zero-order chi connectivity index (χ0) is 12.6. The Hall–Kier alpha value is 0.270. The normalized spacial score (nSPS) is 33.2. The maximum Gasteiger partial charge on any atom is 0.0608 e. The molecule has 0 spiro atoms. The van der Waals surface area contributed by atoms with Crippen LogP contribution in [0.1, 0.15) is 64.2 Å². The van der Waals surface area contributed by atoms with E-state index in [1.165, 1.54) is 64.2 Å². The van der Waals surface area contributed by atoms with Gasteiger partial charge in [0.2, 0.25) is 0 Å². The van der Waals surface area contributed by atoms with Gasteiger partial charge in [0.05, 0.1) is 18.5 Å². The Morgan fingerprint density at radius 2 is 1.33 bits per heavy atom. The van der Waals surface area contributed by atoms with Gasteiger partial charge in [0, 0.05) is 11.3 Å². The van der Waals surface area contributed by atoms with Crippen LogP contribution in [0.15, 0.2) is 0 Å². The molecule has 1 saturated carbocycles. The van der Waals surface area contributed by atoms with Crippen molar-refractivity contribution in [3.05, 3.63) is 0 Å². The standard InChI is InChI=1S/C15H29NOS/c16-14-9-7-5-3-1-2-4-6-8-10-15(14)18-13-11-17-12-13/h13-15H,1-12,16H2. The van der Waals surface area contributed by atoms with Gasteiger partial charge < -0.3 is 10.5 Å². The predicted octanol–water partition coefficient (Wildman–Crippen LogP) is 3.73. The second-order valence-electron chi connectivity index (χ2n) is 5.90. The first-order valence-electron chi connectivity index (χ1n) is 7.85. The van der Waals surface area contributed by atoms with Crippen molar-refractivity contribution >= 4 is 11.8 Å². The molecule has 106 valence electrons. The maximum absolute atomic E-state index is 6.42. The second kappa shape index (κ2) is 8.44. The van der Waals surface area contributed by atoms with Crippen LogP contribution in [0.3, 0.4) is 0 Å². The molecule has 2 atom stereocenters. The minimum atomic E-state index is 0.412. The summed E-state index contributed by atoms with van der Waals surface area (Å²) >= 11 is 2.12. The molecule has 2 rings (SSSR count). The summed E-state index contributed by atoms with van der Waals surface area (Å²) in [5, 5.41) is 1.41. The van der Waals surface area contributed by atoms with Crippen LogP contribution < -0.4 is 5.73 Å². The van der Waals surface area contributed by atoms with Crippen LogP contribution in [0.4, 0.5) is 0 Å². The molecule has 2 aliphatic rings. The monoisotopic (exact) mass is 271 g/mol. The van der Waals surface area contributed by atoms with Crippen LogP contribution in [0.2, 0.25) is 0 Å². The Morgan fingerprint density at radius 3 is 1.89 bits per heavy atom. The molecule has 18 heavy (non-hydrogen) atoms. The number of hydrogen-bond acceptors (Lipinski definition) is 3. The fourth-order valence-corrected chi connectivity index (χ4v) is 4.38. The van der Waals surface area contributed by atoms with E-state index in [-0.39, 0.29) is 0 Å². The first-order valence-corrected chi connectivity index (χ1v) is 8.79. The highest BCUT2D eigenvalue weighted by Gasteiger charge is 2.26. The van der Waals surface area contributed by atoms with Gasteiger partial charge in [0.15, 0.2) is 0 Å². The SMILES string of the molecule is NC1CCCCCCCCCCC1SC1COC1. The van der Waals surface area contributed by atoms with Crippen LogP contribution in [0.5, 0.6) is 0 Å². The summed E-state index contributed by atoms with van der Waals surface area (Å²) in [5.74, 6) is 0. The van der Waals surface area contributed by atoms with E-state index in [9.17, 15) is 0 Å². The quantitative estimate of drug-likeness (QED) is 0.831. The van der Waals surface area contributed by atoms with Crippen molar-refractivity contribution in [1.82, 2.24) is 0 Å². The lowest BCUT2D eigenvalue weighted by molar-refractivity contribution is 0.0452. The second-order valence-corrected chi connectivity index (χ2v) is 7.45. The molecule has 0 amide bonds. The van der Waals surface area contributed by atoms with Crippen molar-refractivity contribution in [2.45, 2.75) is 80.7 Å². The van der Waals surface area contributed by atoms with E-state index in [2.05, 4.69) is 11.8 Å². The number of hydrogen-bond donors (Lipinski definition) is 1. The van der Waals surface area contributed by atoms with Crippen molar-refractivity contribution < 1.29 is 4.74 Å². The Labute approximate surface area is 116 Å². The van der Waals surface area contributed by atoms with Gasteiger partial charge in [0.1, 0.15) is 0 Å². The summed E-state index contributed by atoms with van der Waals surface area (Å²) in [5.41, 5.74) is 6.42. The Balaban J connectivity index is 1.77. The number of nitrogens with two attached hydrogens (primary N) is 1. The molecule has 0 bridgehead atoms. The number of ether oxygens (including phenoxy) is 1. The first kappa shape index (κ1) is 14.7. The molecule has 1 saturated heterocycles. The third kappa shape index (κ3) is 5.10. The van der Waals surface area contributed by atoms with Crippen LogP contribution in [-0.4, -0.2) is 29.8 Å². The van der Waals surface area contributed by atoms with Crippen molar-refractivity contribution in [1.29, 1.82) is 0 Å². The molecule has 3 heteroatoms. The van der Waals surface area contributed by atoms with Gasteiger partial charge in [-0.05, 0) is 12.8 Å². The van der Waals surface area contributed by atoms with E-state index in [1.54, 1.807) is 0 Å². The topological polar surface area (TPSA) is 35.2 Å². The largest absolute Gasteiger partial charge is 0.379 e. The Morgan fingerprint density at radius 1 is 0.778 bits per heavy atom. The summed E-state index contributed by atoms with van der Waals surface area (Å²) in [6, 6.07) is 0.412. The molecule has 2 unspecified atom stereocenters. The van der Waals surface area contributed by atoms with E-state index >= 15 is 0 Å². The van der Waals surface area contributed by atoms with Gasteiger partial charge in [-0.3, -0.25) is 0 Å². The first-order chi connectivity index (χ1) is 8.86. The molecule has 2 nitrogen and oxygen atoms in total. The lowest BCUT2D eigenvalue weighted by Gasteiger charge is -2.32. The lowest BCUT2D eigenvalue weighted by atomic mass is 9.98. The molecule has 2 N–H and O–H groups in total. The molecule has 0 aromatic rings. The van der Waals surface area contributed by atoms with Gasteiger partial charge in [0.25, 0.3) is 0 Å². The molecular weight excluding hydrogens is 242 g/mol. The van der Waals surface area contributed by atoms with E-state index in [1.807, 2.05) is 0 Å².